The second kappa shape index (κ2) is 6.04. The Balaban J connectivity index is 1.67. The van der Waals surface area contributed by atoms with Gasteiger partial charge in [0, 0.05) is 31.8 Å². The van der Waals surface area contributed by atoms with Gasteiger partial charge in [-0.25, -0.2) is 0 Å². The summed E-state index contributed by atoms with van der Waals surface area (Å²) in [5.74, 6) is 0. The molecule has 2 aliphatic rings. The predicted molar refractivity (Wildman–Crippen MR) is 77.0 cm³/mol. The molecule has 0 bridgehead atoms. The van der Waals surface area contributed by atoms with Crippen LogP contribution in [0.1, 0.15) is 30.9 Å². The predicted octanol–water partition coefficient (Wildman–Crippen LogP) is 2.16. The van der Waals surface area contributed by atoms with Crippen molar-refractivity contribution in [1.82, 2.24) is 10.2 Å². The zero-order valence-electron chi connectivity index (χ0n) is 11.8. The van der Waals surface area contributed by atoms with Gasteiger partial charge in [0.1, 0.15) is 0 Å². The first kappa shape index (κ1) is 13.1. The van der Waals surface area contributed by atoms with E-state index >= 15 is 0 Å². The summed E-state index contributed by atoms with van der Waals surface area (Å²) in [5.41, 5.74) is 2.98. The van der Waals surface area contributed by atoms with Gasteiger partial charge in [0.2, 0.25) is 0 Å². The molecular weight excluding hydrogens is 236 g/mol. The smallest absolute Gasteiger partial charge is 0.0637 e. The number of nitrogens with zero attached hydrogens (tertiary/aromatic N) is 1. The van der Waals surface area contributed by atoms with E-state index in [1.54, 1.807) is 0 Å². The molecule has 0 amide bonds. The molecule has 0 aliphatic carbocycles. The third-order valence-electron chi connectivity index (χ3n) is 4.32. The second-order valence-corrected chi connectivity index (χ2v) is 5.67. The van der Waals surface area contributed by atoms with Crippen molar-refractivity contribution in [1.29, 1.82) is 0 Å². The van der Waals surface area contributed by atoms with Crippen LogP contribution in [0.4, 0.5) is 0 Å². The number of hydrogen-bond donors (Lipinski definition) is 1. The first-order valence-corrected chi connectivity index (χ1v) is 7.50. The van der Waals surface area contributed by atoms with Crippen molar-refractivity contribution < 1.29 is 4.74 Å². The van der Waals surface area contributed by atoms with Gasteiger partial charge in [-0.15, -0.1) is 0 Å². The van der Waals surface area contributed by atoms with Crippen molar-refractivity contribution in [2.75, 3.05) is 19.8 Å². The molecule has 0 saturated carbocycles. The van der Waals surface area contributed by atoms with Crippen LogP contribution in [0, 0.1) is 0 Å². The number of fused-ring (bicyclic) bond motifs is 1. The average molecular weight is 260 g/mol. The van der Waals surface area contributed by atoms with Crippen molar-refractivity contribution in [3.05, 3.63) is 35.4 Å². The first-order valence-electron chi connectivity index (χ1n) is 7.50. The van der Waals surface area contributed by atoms with Crippen LogP contribution in [0.15, 0.2) is 24.3 Å². The molecule has 3 rings (SSSR count). The largest absolute Gasteiger partial charge is 0.380 e. The van der Waals surface area contributed by atoms with Crippen LogP contribution < -0.4 is 5.32 Å². The Morgan fingerprint density at radius 2 is 2.00 bits per heavy atom. The summed E-state index contributed by atoms with van der Waals surface area (Å²) in [5, 5.41) is 3.70. The fourth-order valence-electron chi connectivity index (χ4n) is 3.24. The molecule has 2 heterocycles. The molecule has 104 valence electrons. The number of ether oxygens (including phenoxy) is 1. The lowest BCUT2D eigenvalue weighted by atomic mass is 10.0. The van der Waals surface area contributed by atoms with Gasteiger partial charge in [-0.2, -0.15) is 0 Å². The number of benzene rings is 1. The van der Waals surface area contributed by atoms with Gasteiger partial charge in [0.05, 0.1) is 6.61 Å². The van der Waals surface area contributed by atoms with Gasteiger partial charge in [-0.1, -0.05) is 31.2 Å². The Bertz CT molecular complexity index is 396. The van der Waals surface area contributed by atoms with Gasteiger partial charge in [0.15, 0.2) is 0 Å². The minimum absolute atomic E-state index is 0.521. The van der Waals surface area contributed by atoms with Crippen LogP contribution >= 0.6 is 0 Å². The van der Waals surface area contributed by atoms with E-state index in [9.17, 15) is 0 Å². The molecule has 1 aromatic rings. The summed E-state index contributed by atoms with van der Waals surface area (Å²) in [4.78, 5) is 2.58. The molecule has 0 aromatic heterocycles. The highest BCUT2D eigenvalue weighted by molar-refractivity contribution is 5.30. The third kappa shape index (κ3) is 2.83. The van der Waals surface area contributed by atoms with Crippen LogP contribution in [0.3, 0.4) is 0 Å². The van der Waals surface area contributed by atoms with Crippen molar-refractivity contribution >= 4 is 0 Å². The zero-order chi connectivity index (χ0) is 13.1. The Kier molecular flexibility index (Phi) is 4.16. The second-order valence-electron chi connectivity index (χ2n) is 5.67. The minimum atomic E-state index is 0.521. The van der Waals surface area contributed by atoms with E-state index < -0.39 is 0 Å². The molecule has 3 heteroatoms. The van der Waals surface area contributed by atoms with Gasteiger partial charge in [-0.05, 0) is 30.5 Å². The van der Waals surface area contributed by atoms with Crippen molar-refractivity contribution in [3.8, 4) is 0 Å². The third-order valence-corrected chi connectivity index (χ3v) is 4.32. The van der Waals surface area contributed by atoms with Crippen LogP contribution in [-0.2, 0) is 17.8 Å². The fourth-order valence-corrected chi connectivity index (χ4v) is 3.24. The van der Waals surface area contributed by atoms with E-state index in [0.717, 1.165) is 39.3 Å². The summed E-state index contributed by atoms with van der Waals surface area (Å²) in [6, 6.07) is 9.91. The standard InChI is InChI=1S/C16H24N2O/c1-2-8-17-15-7-9-19-12-16(15)18-10-13-5-3-4-6-14(13)11-18/h3-6,15-17H,2,7-12H2,1H3. The lowest BCUT2D eigenvalue weighted by molar-refractivity contribution is -0.00499. The maximum atomic E-state index is 5.72. The number of rotatable bonds is 4. The maximum absolute atomic E-state index is 5.72. The Labute approximate surface area is 115 Å². The normalized spacial score (nSPS) is 27.4. The monoisotopic (exact) mass is 260 g/mol. The molecule has 2 unspecified atom stereocenters. The molecule has 1 N–H and O–H groups in total. The maximum Gasteiger partial charge on any atom is 0.0637 e. The van der Waals surface area contributed by atoms with Crippen molar-refractivity contribution in [3.63, 3.8) is 0 Å². The quantitative estimate of drug-likeness (QED) is 0.898. The molecule has 1 saturated heterocycles. The van der Waals surface area contributed by atoms with Crippen molar-refractivity contribution in [2.45, 2.75) is 44.9 Å². The molecule has 0 spiro atoms. The molecule has 3 nitrogen and oxygen atoms in total. The van der Waals surface area contributed by atoms with E-state index in [2.05, 4.69) is 41.4 Å². The topological polar surface area (TPSA) is 24.5 Å². The first-order chi connectivity index (χ1) is 9.38. The SMILES string of the molecule is CCCNC1CCOCC1N1Cc2ccccc2C1. The van der Waals surface area contributed by atoms with E-state index in [0.29, 0.717) is 12.1 Å². The van der Waals surface area contributed by atoms with Crippen LogP contribution in [0.25, 0.3) is 0 Å². The van der Waals surface area contributed by atoms with Gasteiger partial charge in [-0.3, -0.25) is 4.90 Å². The summed E-state index contributed by atoms with van der Waals surface area (Å²) >= 11 is 0. The van der Waals surface area contributed by atoms with Crippen molar-refractivity contribution in [2.24, 2.45) is 0 Å². The van der Waals surface area contributed by atoms with E-state index in [-0.39, 0.29) is 0 Å². The average Bonchev–Trinajstić information content (AvgIpc) is 2.89. The van der Waals surface area contributed by atoms with E-state index in [4.69, 9.17) is 4.74 Å². The fraction of sp³-hybridized carbons (Fsp3) is 0.625. The molecule has 1 aromatic carbocycles. The number of hydrogen-bond acceptors (Lipinski definition) is 3. The minimum Gasteiger partial charge on any atom is -0.380 e. The Morgan fingerprint density at radius 3 is 2.68 bits per heavy atom. The van der Waals surface area contributed by atoms with Gasteiger partial charge in [0.25, 0.3) is 0 Å². The molecule has 2 aliphatic heterocycles. The van der Waals surface area contributed by atoms with E-state index in [1.807, 2.05) is 0 Å². The summed E-state index contributed by atoms with van der Waals surface area (Å²) in [6.45, 7) is 7.27. The molecular formula is C16H24N2O. The van der Waals surface area contributed by atoms with Gasteiger partial charge < -0.3 is 10.1 Å². The zero-order valence-corrected chi connectivity index (χ0v) is 11.8. The summed E-state index contributed by atoms with van der Waals surface area (Å²) in [6.07, 6.45) is 2.34. The summed E-state index contributed by atoms with van der Waals surface area (Å²) < 4.78 is 5.72. The highest BCUT2D eigenvalue weighted by atomic mass is 16.5. The number of nitrogens with one attached hydrogen (secondary N) is 1. The lowest BCUT2D eigenvalue weighted by Crippen LogP contribution is -2.54. The Hall–Kier alpha value is -0.900. The van der Waals surface area contributed by atoms with Crippen LogP contribution in [0.5, 0.6) is 0 Å². The molecule has 0 radical (unpaired) electrons. The highest BCUT2D eigenvalue weighted by Gasteiger charge is 2.33. The summed E-state index contributed by atoms with van der Waals surface area (Å²) in [7, 11) is 0. The highest BCUT2D eigenvalue weighted by Crippen LogP contribution is 2.27. The molecule has 2 atom stereocenters. The van der Waals surface area contributed by atoms with Gasteiger partial charge >= 0.3 is 0 Å². The molecule has 1 fully saturated rings. The Morgan fingerprint density at radius 1 is 1.26 bits per heavy atom. The van der Waals surface area contributed by atoms with E-state index in [1.165, 1.54) is 17.5 Å². The van der Waals surface area contributed by atoms with Crippen LogP contribution in [0.2, 0.25) is 0 Å². The van der Waals surface area contributed by atoms with Crippen LogP contribution in [-0.4, -0.2) is 36.7 Å². The molecule has 19 heavy (non-hydrogen) atoms. The lowest BCUT2D eigenvalue weighted by Gasteiger charge is -2.38.